The van der Waals surface area contributed by atoms with Crippen LogP contribution in [0.4, 0.5) is 11.8 Å². The molecule has 0 amide bonds. The first-order valence-corrected chi connectivity index (χ1v) is 8.09. The fourth-order valence-corrected chi connectivity index (χ4v) is 2.98. The summed E-state index contributed by atoms with van der Waals surface area (Å²) in [6, 6.07) is 10.4. The summed E-state index contributed by atoms with van der Waals surface area (Å²) in [5.41, 5.74) is 6.67. The molecule has 0 radical (unpaired) electrons. The van der Waals surface area contributed by atoms with E-state index < -0.39 is 0 Å². The number of aromatic nitrogens is 4. The van der Waals surface area contributed by atoms with Crippen LogP contribution in [-0.4, -0.2) is 32.0 Å². The number of aryl methyl sites for hydroxylation is 1. The number of anilines is 2. The average Bonchev–Trinajstić information content (AvgIpc) is 2.90. The first kappa shape index (κ1) is 14.6. The Bertz CT molecular complexity index is 755. The van der Waals surface area contributed by atoms with Crippen LogP contribution in [0.25, 0.3) is 11.0 Å². The van der Waals surface area contributed by atoms with Gasteiger partial charge in [0, 0.05) is 18.5 Å². The second-order valence-electron chi connectivity index (χ2n) is 4.88. The minimum Gasteiger partial charge on any atom is -0.383 e. The number of fused-ring (bicyclic) bond motifs is 1. The van der Waals surface area contributed by atoms with Crippen molar-refractivity contribution >= 4 is 34.6 Å². The molecule has 0 aliphatic carbocycles. The highest BCUT2D eigenvalue weighted by molar-refractivity contribution is 7.99. The van der Waals surface area contributed by atoms with Gasteiger partial charge in [-0.2, -0.15) is 15.1 Å². The van der Waals surface area contributed by atoms with Crippen molar-refractivity contribution in [2.75, 3.05) is 23.3 Å². The zero-order valence-electron chi connectivity index (χ0n) is 12.4. The third-order valence-corrected chi connectivity index (χ3v) is 4.34. The molecule has 114 valence electrons. The molecule has 2 aromatic heterocycles. The number of hydrogen-bond acceptors (Lipinski definition) is 6. The summed E-state index contributed by atoms with van der Waals surface area (Å²) in [6.45, 7) is 0.808. The molecule has 3 aromatic rings. The van der Waals surface area contributed by atoms with E-state index in [0.29, 0.717) is 11.8 Å². The largest absolute Gasteiger partial charge is 0.383 e. The van der Waals surface area contributed by atoms with Crippen molar-refractivity contribution in [1.29, 1.82) is 0 Å². The molecule has 0 fully saturated rings. The van der Waals surface area contributed by atoms with Gasteiger partial charge in [-0.05, 0) is 24.3 Å². The Morgan fingerprint density at radius 2 is 2.05 bits per heavy atom. The molecule has 0 atom stereocenters. The minimum atomic E-state index is 0.458. The number of nitrogens with one attached hydrogen (secondary N) is 1. The summed E-state index contributed by atoms with van der Waals surface area (Å²) in [7, 11) is 1.84. The van der Waals surface area contributed by atoms with E-state index >= 15 is 0 Å². The maximum Gasteiger partial charge on any atom is 0.226 e. The Morgan fingerprint density at radius 1 is 1.23 bits per heavy atom. The van der Waals surface area contributed by atoms with E-state index in [2.05, 4.69) is 44.6 Å². The summed E-state index contributed by atoms with van der Waals surface area (Å²) in [5.74, 6) is 2.05. The molecule has 1 aromatic carbocycles. The Labute approximate surface area is 133 Å². The van der Waals surface area contributed by atoms with Crippen LogP contribution in [0.3, 0.4) is 0 Å². The van der Waals surface area contributed by atoms with Gasteiger partial charge >= 0.3 is 0 Å². The van der Waals surface area contributed by atoms with Crippen LogP contribution in [0.5, 0.6) is 0 Å². The second-order valence-corrected chi connectivity index (χ2v) is 6.05. The summed E-state index contributed by atoms with van der Waals surface area (Å²) >= 11 is 1.85. The van der Waals surface area contributed by atoms with Crippen molar-refractivity contribution in [1.82, 2.24) is 19.7 Å². The number of nitrogens with zero attached hydrogens (tertiary/aromatic N) is 4. The molecule has 7 heteroatoms. The molecule has 3 N–H and O–H groups in total. The van der Waals surface area contributed by atoms with Crippen molar-refractivity contribution < 1.29 is 0 Å². The van der Waals surface area contributed by atoms with Crippen molar-refractivity contribution in [3.05, 3.63) is 36.5 Å². The zero-order valence-corrected chi connectivity index (χ0v) is 13.2. The van der Waals surface area contributed by atoms with E-state index in [1.165, 1.54) is 4.90 Å². The van der Waals surface area contributed by atoms with E-state index in [-0.39, 0.29) is 0 Å². The van der Waals surface area contributed by atoms with E-state index in [1.807, 2.05) is 24.9 Å². The molecule has 2 heterocycles. The van der Waals surface area contributed by atoms with Gasteiger partial charge in [0.15, 0.2) is 5.65 Å². The molecular formula is C15H18N6S. The molecule has 6 nitrogen and oxygen atoms in total. The van der Waals surface area contributed by atoms with Crippen LogP contribution in [-0.2, 0) is 7.05 Å². The molecule has 0 aliphatic heterocycles. The van der Waals surface area contributed by atoms with Gasteiger partial charge in [0.2, 0.25) is 5.95 Å². The average molecular weight is 314 g/mol. The Hall–Kier alpha value is -2.28. The highest BCUT2D eigenvalue weighted by atomic mass is 32.2. The SMILES string of the molecule is Cn1ncc2c(N)nc(NCCCSc3ccccc3)nc21. The smallest absolute Gasteiger partial charge is 0.226 e. The van der Waals surface area contributed by atoms with E-state index in [0.717, 1.165) is 29.8 Å². The Morgan fingerprint density at radius 3 is 2.86 bits per heavy atom. The van der Waals surface area contributed by atoms with E-state index in [9.17, 15) is 0 Å². The predicted molar refractivity (Wildman–Crippen MR) is 91.0 cm³/mol. The van der Waals surface area contributed by atoms with Gasteiger partial charge in [0.25, 0.3) is 0 Å². The summed E-state index contributed by atoms with van der Waals surface area (Å²) in [4.78, 5) is 10.00. The summed E-state index contributed by atoms with van der Waals surface area (Å²) in [6.07, 6.45) is 2.71. The van der Waals surface area contributed by atoms with Crippen LogP contribution in [0.15, 0.2) is 41.4 Å². The third kappa shape index (κ3) is 3.30. The number of thioether (sulfide) groups is 1. The quantitative estimate of drug-likeness (QED) is 0.537. The topological polar surface area (TPSA) is 81.7 Å². The first-order valence-electron chi connectivity index (χ1n) is 7.11. The Kier molecular flexibility index (Phi) is 4.43. The van der Waals surface area contributed by atoms with Crippen LogP contribution < -0.4 is 11.1 Å². The molecule has 3 rings (SSSR count). The van der Waals surface area contributed by atoms with E-state index in [4.69, 9.17) is 5.73 Å². The highest BCUT2D eigenvalue weighted by Crippen LogP contribution is 2.19. The van der Waals surface area contributed by atoms with Gasteiger partial charge in [-0.25, -0.2) is 0 Å². The Balaban J connectivity index is 1.52. The summed E-state index contributed by atoms with van der Waals surface area (Å²) < 4.78 is 1.70. The number of nitrogen functional groups attached to an aromatic ring is 1. The van der Waals surface area contributed by atoms with Crippen molar-refractivity contribution in [2.24, 2.45) is 7.05 Å². The lowest BCUT2D eigenvalue weighted by Crippen LogP contribution is -2.08. The second kappa shape index (κ2) is 6.65. The molecule has 22 heavy (non-hydrogen) atoms. The van der Waals surface area contributed by atoms with Gasteiger partial charge in [-0.3, -0.25) is 4.68 Å². The molecule has 0 saturated heterocycles. The predicted octanol–water partition coefficient (Wildman–Crippen LogP) is 2.54. The first-order chi connectivity index (χ1) is 10.7. The standard InChI is InChI=1S/C15H18N6S/c1-21-14-12(10-18-21)13(16)19-15(20-14)17-8-5-9-22-11-6-3-2-4-7-11/h2-4,6-7,10H,5,8-9H2,1H3,(H3,16,17,19,20). The van der Waals surface area contributed by atoms with E-state index in [1.54, 1.807) is 10.9 Å². The fraction of sp³-hybridized carbons (Fsp3) is 0.267. The third-order valence-electron chi connectivity index (χ3n) is 3.24. The lowest BCUT2D eigenvalue weighted by molar-refractivity contribution is 0.785. The molecule has 0 saturated carbocycles. The van der Waals surface area contributed by atoms with Gasteiger partial charge in [-0.1, -0.05) is 18.2 Å². The van der Waals surface area contributed by atoms with Gasteiger partial charge in [0.1, 0.15) is 5.82 Å². The number of hydrogen-bond donors (Lipinski definition) is 2. The molecule has 0 unspecified atom stereocenters. The van der Waals surface area contributed by atoms with Crippen LogP contribution in [0.2, 0.25) is 0 Å². The monoisotopic (exact) mass is 314 g/mol. The van der Waals surface area contributed by atoms with Crippen molar-refractivity contribution in [3.63, 3.8) is 0 Å². The number of rotatable bonds is 6. The van der Waals surface area contributed by atoms with Crippen LogP contribution >= 0.6 is 11.8 Å². The number of nitrogens with two attached hydrogens (primary N) is 1. The van der Waals surface area contributed by atoms with Crippen molar-refractivity contribution in [2.45, 2.75) is 11.3 Å². The van der Waals surface area contributed by atoms with Gasteiger partial charge in [-0.15, -0.1) is 11.8 Å². The lowest BCUT2D eigenvalue weighted by atomic mass is 10.4. The summed E-state index contributed by atoms with van der Waals surface area (Å²) in [5, 5.41) is 8.15. The molecule has 0 aliphatic rings. The van der Waals surface area contributed by atoms with Crippen molar-refractivity contribution in [3.8, 4) is 0 Å². The minimum absolute atomic E-state index is 0.458. The fourth-order valence-electron chi connectivity index (χ4n) is 2.10. The number of benzene rings is 1. The molecule has 0 spiro atoms. The molecule has 0 bridgehead atoms. The normalized spacial score (nSPS) is 11.0. The van der Waals surface area contributed by atoms with Gasteiger partial charge < -0.3 is 11.1 Å². The highest BCUT2D eigenvalue weighted by Gasteiger charge is 2.08. The zero-order chi connectivity index (χ0) is 15.4. The maximum absolute atomic E-state index is 5.93. The maximum atomic E-state index is 5.93. The van der Waals surface area contributed by atoms with Crippen LogP contribution in [0.1, 0.15) is 6.42 Å². The van der Waals surface area contributed by atoms with Gasteiger partial charge in [0.05, 0.1) is 11.6 Å². The molecular weight excluding hydrogens is 296 g/mol. The lowest BCUT2D eigenvalue weighted by Gasteiger charge is -2.06. The van der Waals surface area contributed by atoms with Crippen LogP contribution in [0, 0.1) is 0 Å².